The van der Waals surface area contributed by atoms with E-state index in [4.69, 9.17) is 23.2 Å². The van der Waals surface area contributed by atoms with Crippen molar-refractivity contribution in [3.63, 3.8) is 0 Å². The molecule has 120 valence electrons. The van der Waals surface area contributed by atoms with Crippen molar-refractivity contribution >= 4 is 51.7 Å². The summed E-state index contributed by atoms with van der Waals surface area (Å²) in [4.78, 5) is 30.7. The SMILES string of the molecule is O=C1CC(n2cnc3ccccc32)C(=O)N1c1ccc(Cl)c(Cl)c1. The van der Waals surface area contributed by atoms with Crippen LogP contribution in [0.25, 0.3) is 11.0 Å². The highest BCUT2D eigenvalue weighted by Crippen LogP contribution is 2.34. The maximum Gasteiger partial charge on any atom is 0.257 e. The van der Waals surface area contributed by atoms with Gasteiger partial charge in [0, 0.05) is 0 Å². The van der Waals surface area contributed by atoms with Crippen LogP contribution in [-0.2, 0) is 9.59 Å². The number of hydrogen-bond acceptors (Lipinski definition) is 3. The first-order valence-corrected chi connectivity index (χ1v) is 8.05. The summed E-state index contributed by atoms with van der Waals surface area (Å²) in [6, 6.07) is 11.6. The lowest BCUT2D eigenvalue weighted by molar-refractivity contribution is -0.122. The molecule has 2 aromatic carbocycles. The van der Waals surface area contributed by atoms with Crippen LogP contribution in [0.3, 0.4) is 0 Å². The highest BCUT2D eigenvalue weighted by molar-refractivity contribution is 6.42. The van der Waals surface area contributed by atoms with Gasteiger partial charge in [-0.3, -0.25) is 9.59 Å². The van der Waals surface area contributed by atoms with Gasteiger partial charge in [-0.25, -0.2) is 9.88 Å². The molecule has 1 saturated heterocycles. The van der Waals surface area contributed by atoms with Crippen LogP contribution in [0.2, 0.25) is 10.0 Å². The molecule has 1 aliphatic rings. The van der Waals surface area contributed by atoms with E-state index < -0.39 is 6.04 Å². The Morgan fingerprint density at radius 1 is 1.04 bits per heavy atom. The fourth-order valence-electron chi connectivity index (χ4n) is 2.96. The molecule has 4 rings (SSSR count). The lowest BCUT2D eigenvalue weighted by Crippen LogP contribution is -2.31. The molecule has 0 saturated carbocycles. The smallest absolute Gasteiger partial charge is 0.257 e. The van der Waals surface area contributed by atoms with Crippen molar-refractivity contribution in [3.05, 3.63) is 58.8 Å². The molecule has 0 N–H and O–H groups in total. The molecule has 7 heteroatoms. The van der Waals surface area contributed by atoms with Gasteiger partial charge >= 0.3 is 0 Å². The minimum absolute atomic E-state index is 0.0828. The minimum Gasteiger partial charge on any atom is -0.317 e. The van der Waals surface area contributed by atoms with Crippen LogP contribution in [0.1, 0.15) is 12.5 Å². The fourth-order valence-corrected chi connectivity index (χ4v) is 3.25. The first-order chi connectivity index (χ1) is 11.6. The van der Waals surface area contributed by atoms with Crippen molar-refractivity contribution in [1.29, 1.82) is 0 Å². The Balaban J connectivity index is 1.74. The zero-order valence-corrected chi connectivity index (χ0v) is 13.8. The van der Waals surface area contributed by atoms with Crippen LogP contribution in [0, 0.1) is 0 Å². The molecule has 2 amide bonds. The van der Waals surface area contributed by atoms with Gasteiger partial charge in [0.2, 0.25) is 5.91 Å². The predicted molar refractivity (Wildman–Crippen MR) is 92.3 cm³/mol. The Labute approximate surface area is 147 Å². The van der Waals surface area contributed by atoms with E-state index in [1.54, 1.807) is 23.0 Å². The topological polar surface area (TPSA) is 55.2 Å². The summed E-state index contributed by atoms with van der Waals surface area (Å²) in [5, 5.41) is 0.669. The largest absolute Gasteiger partial charge is 0.317 e. The number of halogens is 2. The molecule has 1 fully saturated rings. The first kappa shape index (κ1) is 15.2. The molecule has 5 nitrogen and oxygen atoms in total. The molecule has 0 aliphatic carbocycles. The second-order valence-corrected chi connectivity index (χ2v) is 6.34. The molecule has 24 heavy (non-hydrogen) atoms. The quantitative estimate of drug-likeness (QED) is 0.653. The number of benzene rings is 2. The zero-order chi connectivity index (χ0) is 16.8. The Hall–Kier alpha value is -2.37. The first-order valence-electron chi connectivity index (χ1n) is 7.29. The predicted octanol–water partition coefficient (Wildman–Crippen LogP) is 3.85. The third kappa shape index (κ3) is 2.28. The van der Waals surface area contributed by atoms with E-state index in [-0.39, 0.29) is 18.2 Å². The number of amides is 2. The van der Waals surface area contributed by atoms with Crippen molar-refractivity contribution in [1.82, 2.24) is 9.55 Å². The molecular weight excluding hydrogens is 349 g/mol. The fraction of sp³-hybridized carbons (Fsp3) is 0.118. The van der Waals surface area contributed by atoms with Gasteiger partial charge in [0.25, 0.3) is 5.91 Å². The van der Waals surface area contributed by atoms with Crippen LogP contribution in [0.4, 0.5) is 5.69 Å². The summed E-state index contributed by atoms with van der Waals surface area (Å²) in [6.07, 6.45) is 1.68. The van der Waals surface area contributed by atoms with E-state index in [0.717, 1.165) is 15.9 Å². The summed E-state index contributed by atoms with van der Waals surface area (Å²) < 4.78 is 1.74. The van der Waals surface area contributed by atoms with Gasteiger partial charge in [-0.15, -0.1) is 0 Å². The second-order valence-electron chi connectivity index (χ2n) is 5.53. The van der Waals surface area contributed by atoms with E-state index in [0.29, 0.717) is 15.7 Å². The molecule has 1 aliphatic heterocycles. The Kier molecular flexibility index (Phi) is 3.55. The molecule has 1 aromatic heterocycles. The van der Waals surface area contributed by atoms with Gasteiger partial charge in [-0.05, 0) is 30.3 Å². The molecule has 1 unspecified atom stereocenters. The zero-order valence-electron chi connectivity index (χ0n) is 12.3. The molecule has 0 radical (unpaired) electrons. The number of carbonyl (C=O) groups is 2. The summed E-state index contributed by atoms with van der Waals surface area (Å²) in [5.74, 6) is -0.581. The number of imidazole rings is 1. The molecule has 0 spiro atoms. The van der Waals surface area contributed by atoms with Crippen LogP contribution >= 0.6 is 23.2 Å². The Morgan fingerprint density at radius 3 is 2.62 bits per heavy atom. The van der Waals surface area contributed by atoms with E-state index in [1.165, 1.54) is 6.07 Å². The lowest BCUT2D eigenvalue weighted by Gasteiger charge is -2.16. The highest BCUT2D eigenvalue weighted by atomic mass is 35.5. The number of hydrogen-bond donors (Lipinski definition) is 0. The number of anilines is 1. The maximum absolute atomic E-state index is 12.8. The van der Waals surface area contributed by atoms with Crippen molar-refractivity contribution in [2.45, 2.75) is 12.5 Å². The summed E-state index contributed by atoms with van der Waals surface area (Å²) >= 11 is 11.9. The van der Waals surface area contributed by atoms with Crippen molar-refractivity contribution in [2.75, 3.05) is 4.90 Å². The average molecular weight is 360 g/mol. The van der Waals surface area contributed by atoms with E-state index in [1.807, 2.05) is 24.3 Å². The van der Waals surface area contributed by atoms with Gasteiger partial charge in [0.05, 0.1) is 39.5 Å². The number of aromatic nitrogens is 2. The van der Waals surface area contributed by atoms with Crippen molar-refractivity contribution in [3.8, 4) is 0 Å². The summed E-state index contributed by atoms with van der Waals surface area (Å²) in [5.41, 5.74) is 2.02. The van der Waals surface area contributed by atoms with Gasteiger partial charge in [0.15, 0.2) is 0 Å². The number of nitrogens with zero attached hydrogens (tertiary/aromatic N) is 3. The van der Waals surface area contributed by atoms with Gasteiger partial charge in [-0.2, -0.15) is 0 Å². The van der Waals surface area contributed by atoms with E-state index in [2.05, 4.69) is 4.98 Å². The van der Waals surface area contributed by atoms with E-state index >= 15 is 0 Å². The molecular formula is C17H11Cl2N3O2. The number of rotatable bonds is 2. The third-order valence-corrected chi connectivity index (χ3v) is 4.84. The number of carbonyl (C=O) groups excluding carboxylic acids is 2. The maximum atomic E-state index is 12.8. The normalized spacial score (nSPS) is 17.9. The van der Waals surface area contributed by atoms with Gasteiger partial charge in [-0.1, -0.05) is 35.3 Å². The van der Waals surface area contributed by atoms with Gasteiger partial charge < -0.3 is 4.57 Å². The minimum atomic E-state index is -0.612. The monoisotopic (exact) mass is 359 g/mol. The summed E-state index contributed by atoms with van der Waals surface area (Å²) in [7, 11) is 0. The Bertz CT molecular complexity index is 983. The second kappa shape index (κ2) is 5.61. The Morgan fingerprint density at radius 2 is 1.83 bits per heavy atom. The van der Waals surface area contributed by atoms with Gasteiger partial charge in [0.1, 0.15) is 6.04 Å². The summed E-state index contributed by atoms with van der Waals surface area (Å²) in [6.45, 7) is 0. The van der Waals surface area contributed by atoms with Crippen LogP contribution < -0.4 is 4.90 Å². The number of para-hydroxylation sites is 2. The van der Waals surface area contributed by atoms with E-state index in [9.17, 15) is 9.59 Å². The molecule has 2 heterocycles. The molecule has 3 aromatic rings. The average Bonchev–Trinajstić information content (AvgIpc) is 3.11. The lowest BCUT2D eigenvalue weighted by atomic mass is 10.2. The number of fused-ring (bicyclic) bond motifs is 1. The molecule has 1 atom stereocenters. The highest BCUT2D eigenvalue weighted by Gasteiger charge is 2.41. The third-order valence-electron chi connectivity index (χ3n) is 4.10. The van der Waals surface area contributed by atoms with Crippen molar-refractivity contribution < 1.29 is 9.59 Å². The standard InChI is InChI=1S/C17H11Cl2N3O2/c18-11-6-5-10(7-12(11)19)22-16(23)8-15(17(22)24)21-9-20-13-3-1-2-4-14(13)21/h1-7,9,15H,8H2. The van der Waals surface area contributed by atoms with Crippen LogP contribution in [-0.4, -0.2) is 21.4 Å². The van der Waals surface area contributed by atoms with Crippen LogP contribution in [0.15, 0.2) is 48.8 Å². The molecule has 0 bridgehead atoms. The van der Waals surface area contributed by atoms with Crippen LogP contribution in [0.5, 0.6) is 0 Å². The van der Waals surface area contributed by atoms with Crippen molar-refractivity contribution in [2.24, 2.45) is 0 Å². The number of imide groups is 1.